The maximum absolute atomic E-state index is 12.9. The van der Waals surface area contributed by atoms with Crippen LogP contribution >= 0.6 is 0 Å². The molecule has 0 aliphatic carbocycles. The van der Waals surface area contributed by atoms with Gasteiger partial charge in [0.25, 0.3) is 11.5 Å². The van der Waals surface area contributed by atoms with E-state index in [1.165, 1.54) is 26.7 Å². The average molecular weight is 447 g/mol. The number of carbonyl (C=O) groups excluding carboxylic acids is 1. The standard InChI is InChI=1S/C24H25N5O4/c1-16-7-4-5-8-17(16)14-28-15-26-22-19(24(28)31)13-27-29(22)12-11-25-23(30)18-9-6-10-20(32-2)21(18)33-3/h4-10,13,15H,11-12,14H2,1-3H3,(H,25,30). The topological polar surface area (TPSA) is 100 Å². The van der Waals surface area contributed by atoms with E-state index in [1.54, 1.807) is 27.4 Å². The lowest BCUT2D eigenvalue weighted by Gasteiger charge is -2.12. The van der Waals surface area contributed by atoms with E-state index in [4.69, 9.17) is 9.47 Å². The molecular formula is C24H25N5O4. The summed E-state index contributed by atoms with van der Waals surface area (Å²) in [5.74, 6) is 0.558. The summed E-state index contributed by atoms with van der Waals surface area (Å²) in [7, 11) is 3.01. The third-order valence-corrected chi connectivity index (χ3v) is 5.48. The Kier molecular flexibility index (Phi) is 6.39. The van der Waals surface area contributed by atoms with Gasteiger partial charge >= 0.3 is 0 Å². The summed E-state index contributed by atoms with van der Waals surface area (Å²) in [6.07, 6.45) is 3.06. The smallest absolute Gasteiger partial charge is 0.264 e. The summed E-state index contributed by atoms with van der Waals surface area (Å²) in [5, 5.41) is 7.58. The number of nitrogens with one attached hydrogen (secondary N) is 1. The Labute approximate surface area is 190 Å². The van der Waals surface area contributed by atoms with Crippen LogP contribution < -0.4 is 20.3 Å². The summed E-state index contributed by atoms with van der Waals surface area (Å²) in [4.78, 5) is 30.0. The van der Waals surface area contributed by atoms with E-state index < -0.39 is 0 Å². The number of para-hydroxylation sites is 1. The molecule has 0 aliphatic rings. The van der Waals surface area contributed by atoms with E-state index >= 15 is 0 Å². The van der Waals surface area contributed by atoms with Crippen molar-refractivity contribution < 1.29 is 14.3 Å². The average Bonchev–Trinajstić information content (AvgIpc) is 3.25. The molecule has 170 valence electrons. The molecule has 9 heteroatoms. The van der Waals surface area contributed by atoms with Crippen LogP contribution in [0.1, 0.15) is 21.5 Å². The van der Waals surface area contributed by atoms with Crippen molar-refractivity contribution in [3.8, 4) is 11.5 Å². The first-order chi connectivity index (χ1) is 16.0. The van der Waals surface area contributed by atoms with Crippen LogP contribution in [0.2, 0.25) is 0 Å². The van der Waals surface area contributed by atoms with Crippen molar-refractivity contribution in [3.63, 3.8) is 0 Å². The van der Waals surface area contributed by atoms with Crippen LogP contribution in [-0.2, 0) is 13.1 Å². The number of benzene rings is 2. The van der Waals surface area contributed by atoms with Crippen LogP contribution in [0.5, 0.6) is 11.5 Å². The Hall–Kier alpha value is -4.14. The second kappa shape index (κ2) is 9.56. The molecule has 4 rings (SSSR count). The van der Waals surface area contributed by atoms with E-state index in [0.717, 1.165) is 11.1 Å². The molecule has 2 aromatic heterocycles. The molecule has 0 fully saturated rings. The molecule has 1 amide bonds. The minimum atomic E-state index is -0.296. The number of amides is 1. The molecule has 0 radical (unpaired) electrons. The molecular weight excluding hydrogens is 422 g/mol. The molecule has 4 aromatic rings. The van der Waals surface area contributed by atoms with E-state index in [9.17, 15) is 9.59 Å². The lowest BCUT2D eigenvalue weighted by Crippen LogP contribution is -2.28. The van der Waals surface area contributed by atoms with Crippen LogP contribution in [0.25, 0.3) is 11.0 Å². The fourth-order valence-corrected chi connectivity index (χ4v) is 3.68. The largest absolute Gasteiger partial charge is 0.493 e. The quantitative estimate of drug-likeness (QED) is 0.445. The zero-order valence-corrected chi connectivity index (χ0v) is 18.7. The van der Waals surface area contributed by atoms with Gasteiger partial charge in [-0.15, -0.1) is 0 Å². The van der Waals surface area contributed by atoms with Crippen LogP contribution in [-0.4, -0.2) is 46.0 Å². The molecule has 0 spiro atoms. The molecule has 0 atom stereocenters. The Morgan fingerprint density at radius 3 is 2.67 bits per heavy atom. The monoisotopic (exact) mass is 447 g/mol. The highest BCUT2D eigenvalue weighted by Crippen LogP contribution is 2.30. The molecule has 1 N–H and O–H groups in total. The van der Waals surface area contributed by atoms with Gasteiger partial charge in [0.05, 0.1) is 39.1 Å². The van der Waals surface area contributed by atoms with Crippen molar-refractivity contribution in [1.29, 1.82) is 0 Å². The Balaban J connectivity index is 1.47. The predicted molar refractivity (Wildman–Crippen MR) is 124 cm³/mol. The van der Waals surface area contributed by atoms with Crippen molar-refractivity contribution in [3.05, 3.63) is 82.0 Å². The third kappa shape index (κ3) is 4.43. The van der Waals surface area contributed by atoms with Gasteiger partial charge in [-0.05, 0) is 30.2 Å². The van der Waals surface area contributed by atoms with Crippen LogP contribution in [0, 0.1) is 6.92 Å². The van der Waals surface area contributed by atoms with Crippen molar-refractivity contribution in [2.75, 3.05) is 20.8 Å². The van der Waals surface area contributed by atoms with Gasteiger partial charge in [-0.25, -0.2) is 9.67 Å². The van der Waals surface area contributed by atoms with Gasteiger partial charge < -0.3 is 14.8 Å². The molecule has 2 heterocycles. The second-order valence-corrected chi connectivity index (χ2v) is 7.51. The second-order valence-electron chi connectivity index (χ2n) is 7.51. The van der Waals surface area contributed by atoms with Gasteiger partial charge in [0.1, 0.15) is 11.7 Å². The SMILES string of the molecule is COc1cccc(C(=O)NCCn2ncc3c(=O)n(Cc4ccccc4C)cnc32)c1OC. The van der Waals surface area contributed by atoms with E-state index in [0.29, 0.717) is 47.7 Å². The van der Waals surface area contributed by atoms with E-state index in [1.807, 2.05) is 31.2 Å². The van der Waals surface area contributed by atoms with E-state index in [-0.39, 0.29) is 11.5 Å². The number of aromatic nitrogens is 4. The highest BCUT2D eigenvalue weighted by atomic mass is 16.5. The van der Waals surface area contributed by atoms with Crippen LogP contribution in [0.3, 0.4) is 0 Å². The highest BCUT2D eigenvalue weighted by molar-refractivity contribution is 5.97. The maximum Gasteiger partial charge on any atom is 0.264 e. The van der Waals surface area contributed by atoms with Crippen molar-refractivity contribution in [1.82, 2.24) is 24.6 Å². The number of fused-ring (bicyclic) bond motifs is 1. The minimum absolute atomic E-state index is 0.153. The maximum atomic E-state index is 12.9. The number of ether oxygens (including phenoxy) is 2. The van der Waals surface area contributed by atoms with Crippen LogP contribution in [0.15, 0.2) is 59.8 Å². The Morgan fingerprint density at radius 1 is 1.09 bits per heavy atom. The Morgan fingerprint density at radius 2 is 1.91 bits per heavy atom. The number of nitrogens with zero attached hydrogens (tertiary/aromatic N) is 4. The fourth-order valence-electron chi connectivity index (χ4n) is 3.68. The summed E-state index contributed by atoms with van der Waals surface area (Å²) in [6.45, 7) is 3.11. The lowest BCUT2D eigenvalue weighted by atomic mass is 10.1. The summed E-state index contributed by atoms with van der Waals surface area (Å²) < 4.78 is 13.8. The van der Waals surface area contributed by atoms with Gasteiger partial charge in [-0.1, -0.05) is 30.3 Å². The normalized spacial score (nSPS) is 10.9. The van der Waals surface area contributed by atoms with Gasteiger partial charge in [-0.3, -0.25) is 14.2 Å². The first kappa shape index (κ1) is 22.1. The first-order valence-corrected chi connectivity index (χ1v) is 10.5. The molecule has 33 heavy (non-hydrogen) atoms. The minimum Gasteiger partial charge on any atom is -0.493 e. The third-order valence-electron chi connectivity index (χ3n) is 5.48. The van der Waals surface area contributed by atoms with Gasteiger partial charge in [0.15, 0.2) is 17.1 Å². The Bertz CT molecular complexity index is 1360. The molecule has 0 saturated heterocycles. The predicted octanol–water partition coefficient (Wildman–Crippen LogP) is 2.40. The van der Waals surface area contributed by atoms with Crippen LogP contribution in [0.4, 0.5) is 0 Å². The number of aryl methyl sites for hydroxylation is 1. The molecule has 0 bridgehead atoms. The summed E-state index contributed by atoms with van der Waals surface area (Å²) >= 11 is 0. The number of hydrogen-bond donors (Lipinski definition) is 1. The van der Waals surface area contributed by atoms with Crippen molar-refractivity contribution >= 4 is 16.9 Å². The van der Waals surface area contributed by atoms with Gasteiger partial charge in [-0.2, -0.15) is 5.10 Å². The first-order valence-electron chi connectivity index (χ1n) is 10.5. The van der Waals surface area contributed by atoms with Gasteiger partial charge in [0.2, 0.25) is 0 Å². The summed E-state index contributed by atoms with van der Waals surface area (Å²) in [6, 6.07) is 13.0. The summed E-state index contributed by atoms with van der Waals surface area (Å²) in [5.41, 5.74) is 2.88. The van der Waals surface area contributed by atoms with Crippen molar-refractivity contribution in [2.45, 2.75) is 20.0 Å². The molecule has 0 aliphatic heterocycles. The molecule has 2 aromatic carbocycles. The van der Waals surface area contributed by atoms with E-state index in [2.05, 4.69) is 15.4 Å². The molecule has 0 unspecified atom stereocenters. The number of rotatable bonds is 8. The van der Waals surface area contributed by atoms with Crippen molar-refractivity contribution in [2.24, 2.45) is 0 Å². The fraction of sp³-hybridized carbons (Fsp3) is 0.250. The highest BCUT2D eigenvalue weighted by Gasteiger charge is 2.16. The number of carbonyl (C=O) groups is 1. The molecule has 9 nitrogen and oxygen atoms in total. The number of hydrogen-bond acceptors (Lipinski definition) is 6. The molecule has 0 saturated carbocycles. The number of methoxy groups -OCH3 is 2. The van der Waals surface area contributed by atoms with Gasteiger partial charge in [0, 0.05) is 6.54 Å². The lowest BCUT2D eigenvalue weighted by molar-refractivity contribution is 0.0948. The zero-order chi connectivity index (χ0) is 23.4. The zero-order valence-electron chi connectivity index (χ0n) is 18.7.